The van der Waals surface area contributed by atoms with Crippen molar-refractivity contribution in [1.82, 2.24) is 25.2 Å². The second kappa shape index (κ2) is 22.4. The molecule has 0 radical (unpaired) electrons. The van der Waals surface area contributed by atoms with Gasteiger partial charge in [0.15, 0.2) is 23.0 Å². The number of fused-ring (bicyclic) bond motifs is 1. The molecule has 0 bridgehead atoms. The molecule has 5 aromatic carbocycles. The van der Waals surface area contributed by atoms with Gasteiger partial charge < -0.3 is 29.5 Å². The number of anilines is 1. The van der Waals surface area contributed by atoms with E-state index in [0.29, 0.717) is 31.7 Å². The minimum Gasteiger partial charge on any atom is -0.614 e. The molecule has 3 aromatic heterocycles. The number of pyridine rings is 1. The van der Waals surface area contributed by atoms with Crippen LogP contribution in [-0.4, -0.2) is 82.2 Å². The van der Waals surface area contributed by atoms with Crippen LogP contribution in [-0.2, 0) is 50.2 Å². The third-order valence-electron chi connectivity index (χ3n) is 12.9. The average molecular weight is 1100 g/mol. The van der Waals surface area contributed by atoms with Crippen molar-refractivity contribution in [3.8, 4) is 10.6 Å². The molecule has 78 heavy (non-hydrogen) atoms. The highest BCUT2D eigenvalue weighted by Gasteiger charge is 2.62. The maximum Gasteiger partial charge on any atom is 0.356 e. The van der Waals surface area contributed by atoms with Gasteiger partial charge in [0.2, 0.25) is 11.0 Å². The first-order valence-corrected chi connectivity index (χ1v) is 28.0. The van der Waals surface area contributed by atoms with Gasteiger partial charge in [-0.05, 0) is 85.7 Å². The van der Waals surface area contributed by atoms with Crippen LogP contribution in [0.2, 0.25) is 0 Å². The molecule has 5 heterocycles. The fourth-order valence-corrected chi connectivity index (χ4v) is 12.6. The molecular formula is C60H53N7O8S3. The summed E-state index contributed by atoms with van der Waals surface area (Å²) >= 11 is 0.559. The first kappa shape index (κ1) is 53.1. The van der Waals surface area contributed by atoms with Gasteiger partial charge in [0, 0.05) is 29.5 Å². The summed E-state index contributed by atoms with van der Waals surface area (Å²) in [5, 5.41) is 12.2. The number of hydrogen-bond donors (Lipinski definition) is 2. The van der Waals surface area contributed by atoms with Gasteiger partial charge in [0.25, 0.3) is 11.8 Å². The van der Waals surface area contributed by atoms with E-state index in [4.69, 9.17) is 19.3 Å². The van der Waals surface area contributed by atoms with E-state index in [1.165, 1.54) is 36.5 Å². The maximum absolute atomic E-state index is 15.0. The molecule has 15 nitrogen and oxygen atoms in total. The standard InChI is InChI=1S/C60H53N7O8S3/c1-58(2,3)74-56(71)59(4,5)75-66-47(45-36-76-57(63-45)65-60(41-25-15-8-16-26-41,42-27-17-9-18-28-42)43-29-19-10-20-30-43)51(68)64-48-53(69)67-49(55(70)73-50(38-21-11-6-12-22-38)39-23-13-7-14-24-39)44(37-78(72)54(48)67)46-35-62-52(77-46)40-31-33-61-34-32-40/h6-36,48,50,54H,37H2,1-5H3,(H,63,65)(H,64,68). The molecular weight excluding hydrogens is 1040 g/mol. The van der Waals surface area contributed by atoms with Crippen LogP contribution in [0.1, 0.15) is 79.1 Å². The number of oxime groups is 1. The number of hydrogen-bond acceptors (Lipinski definition) is 15. The number of ether oxygens (including phenoxy) is 2. The van der Waals surface area contributed by atoms with Crippen molar-refractivity contribution in [1.29, 1.82) is 0 Å². The zero-order chi connectivity index (χ0) is 54.6. The van der Waals surface area contributed by atoms with E-state index in [9.17, 15) is 18.9 Å². The SMILES string of the molecule is CC(C)(C)OC(=O)C(C)(C)ON=C(C(=O)NC1C(=O)N2C(C(=O)OC(c3ccccc3)c3ccccc3)=C(c3cnc(-c4ccncc4)s3)C[S+]([O-])C12)c1csc(NC(c2ccccc2)(c2ccccc2)c2ccccc2)n1. The summed E-state index contributed by atoms with van der Waals surface area (Å²) in [5.74, 6) is -3.45. The maximum atomic E-state index is 15.0. The lowest BCUT2D eigenvalue weighted by Crippen LogP contribution is -2.75. The lowest BCUT2D eigenvalue weighted by Gasteiger charge is -2.49. The van der Waals surface area contributed by atoms with E-state index in [0.717, 1.165) is 27.2 Å². The van der Waals surface area contributed by atoms with Crippen molar-refractivity contribution < 1.29 is 38.0 Å². The fourth-order valence-electron chi connectivity index (χ4n) is 9.14. The average Bonchev–Trinajstić information content (AvgIpc) is 4.18. The van der Waals surface area contributed by atoms with E-state index in [2.05, 4.69) is 25.8 Å². The predicted molar refractivity (Wildman–Crippen MR) is 301 cm³/mol. The molecule has 0 spiro atoms. The van der Waals surface area contributed by atoms with E-state index >= 15 is 4.79 Å². The van der Waals surface area contributed by atoms with Gasteiger partial charge in [0.1, 0.15) is 33.3 Å². The van der Waals surface area contributed by atoms with Crippen LogP contribution in [0.25, 0.3) is 16.1 Å². The molecule has 2 aliphatic heterocycles. The number of esters is 2. The highest BCUT2D eigenvalue weighted by molar-refractivity contribution is 7.92. The molecule has 0 saturated carbocycles. The van der Waals surface area contributed by atoms with Gasteiger partial charge >= 0.3 is 11.9 Å². The molecule has 3 unspecified atom stereocenters. The Kier molecular flexibility index (Phi) is 15.2. The number of amides is 2. The van der Waals surface area contributed by atoms with Crippen LogP contribution in [0, 0.1) is 0 Å². The van der Waals surface area contributed by atoms with Gasteiger partial charge in [-0.3, -0.25) is 19.5 Å². The van der Waals surface area contributed by atoms with Crippen LogP contribution in [0.15, 0.2) is 199 Å². The largest absolute Gasteiger partial charge is 0.614 e. The van der Waals surface area contributed by atoms with E-state index in [-0.39, 0.29) is 17.1 Å². The Balaban J connectivity index is 1.01. The number of benzene rings is 5. The van der Waals surface area contributed by atoms with Crippen molar-refractivity contribution in [2.24, 2.45) is 5.16 Å². The lowest BCUT2D eigenvalue weighted by molar-refractivity contribution is -0.179. The quantitative estimate of drug-likeness (QED) is 0.0219. The molecule has 2 aliphatic rings. The van der Waals surface area contributed by atoms with Gasteiger partial charge in [-0.25, -0.2) is 19.6 Å². The number of nitrogens with one attached hydrogen (secondary N) is 2. The second-order valence-electron chi connectivity index (χ2n) is 19.8. The summed E-state index contributed by atoms with van der Waals surface area (Å²) in [5.41, 5.74) is 1.09. The summed E-state index contributed by atoms with van der Waals surface area (Å²) in [6.07, 6.45) is 3.97. The number of nitrogens with zero attached hydrogens (tertiary/aromatic N) is 5. The zero-order valence-electron chi connectivity index (χ0n) is 43.1. The Labute approximate surface area is 462 Å². The van der Waals surface area contributed by atoms with Crippen molar-refractivity contribution in [2.45, 2.75) is 68.9 Å². The number of carbonyl (C=O) groups excluding carboxylic acids is 4. The fraction of sp³-hybridized carbons (Fsp3) is 0.200. The Morgan fingerprint density at radius 1 is 0.769 bits per heavy atom. The van der Waals surface area contributed by atoms with Gasteiger partial charge in [-0.15, -0.1) is 22.7 Å². The number of carbonyl (C=O) groups is 4. The first-order chi connectivity index (χ1) is 37.6. The number of β-lactam (4-membered cyclic amide) rings is 1. The lowest BCUT2D eigenvalue weighted by atomic mass is 9.77. The van der Waals surface area contributed by atoms with E-state index < -0.39 is 74.9 Å². The Morgan fingerprint density at radius 3 is 1.85 bits per heavy atom. The summed E-state index contributed by atoms with van der Waals surface area (Å²) in [6, 6.07) is 50.3. The van der Waals surface area contributed by atoms with E-state index in [1.54, 1.807) is 56.9 Å². The van der Waals surface area contributed by atoms with E-state index in [1.807, 2.05) is 152 Å². The summed E-state index contributed by atoms with van der Waals surface area (Å²) in [7, 11) is 0. The normalized spacial score (nSPS) is 16.7. The van der Waals surface area contributed by atoms with Crippen LogP contribution >= 0.6 is 22.7 Å². The monoisotopic (exact) mass is 1100 g/mol. The molecule has 394 valence electrons. The van der Waals surface area contributed by atoms with Crippen molar-refractivity contribution in [3.63, 3.8) is 0 Å². The van der Waals surface area contributed by atoms with Gasteiger partial charge in [-0.2, -0.15) is 0 Å². The zero-order valence-corrected chi connectivity index (χ0v) is 45.5. The third kappa shape index (κ3) is 11.0. The van der Waals surface area contributed by atoms with Crippen molar-refractivity contribution in [3.05, 3.63) is 232 Å². The molecule has 0 aliphatic carbocycles. The summed E-state index contributed by atoms with van der Waals surface area (Å²) in [4.78, 5) is 79.5. The summed E-state index contributed by atoms with van der Waals surface area (Å²) < 4.78 is 26.7. The second-order valence-corrected chi connectivity index (χ2v) is 23.3. The predicted octanol–water partition coefficient (Wildman–Crippen LogP) is 10.1. The molecule has 1 fully saturated rings. The van der Waals surface area contributed by atoms with Crippen LogP contribution in [0.4, 0.5) is 5.13 Å². The van der Waals surface area contributed by atoms with Crippen LogP contribution in [0.5, 0.6) is 0 Å². The highest BCUT2D eigenvalue weighted by Crippen LogP contribution is 2.44. The number of thiazole rings is 2. The number of rotatable bonds is 17. The van der Waals surface area contributed by atoms with Crippen LogP contribution in [0.3, 0.4) is 0 Å². The molecule has 8 aromatic rings. The van der Waals surface area contributed by atoms with Crippen molar-refractivity contribution >= 4 is 74.0 Å². The molecule has 2 amide bonds. The molecule has 2 N–H and O–H groups in total. The Bertz CT molecular complexity index is 3370. The van der Waals surface area contributed by atoms with Gasteiger partial charge in [-0.1, -0.05) is 157 Å². The summed E-state index contributed by atoms with van der Waals surface area (Å²) in [6.45, 7) is 8.05. The minimum atomic E-state index is -1.90. The molecule has 18 heteroatoms. The molecule has 10 rings (SSSR count). The smallest absolute Gasteiger partial charge is 0.356 e. The third-order valence-corrected chi connectivity index (χ3v) is 16.4. The number of aromatic nitrogens is 3. The Morgan fingerprint density at radius 2 is 1.31 bits per heavy atom. The Hall–Kier alpha value is -8.29. The first-order valence-electron chi connectivity index (χ1n) is 24.9. The highest BCUT2D eigenvalue weighted by atomic mass is 32.2. The van der Waals surface area contributed by atoms with Crippen LogP contribution < -0.4 is 10.6 Å². The van der Waals surface area contributed by atoms with Crippen molar-refractivity contribution in [2.75, 3.05) is 11.1 Å². The molecule has 3 atom stereocenters. The van der Waals surface area contributed by atoms with Gasteiger partial charge in [0.05, 0.1) is 10.5 Å². The topological polar surface area (TPSA) is 197 Å². The minimum absolute atomic E-state index is 0.0333. The molecule has 1 saturated heterocycles.